The predicted molar refractivity (Wildman–Crippen MR) is 93.6 cm³/mol. The van der Waals surface area contributed by atoms with E-state index in [0.29, 0.717) is 29.9 Å². The minimum absolute atomic E-state index is 0.276. The molecule has 0 aromatic heterocycles. The maximum absolute atomic E-state index is 13.0. The number of rotatable bonds is 4. The molecule has 134 valence electrons. The maximum Gasteiger partial charge on any atom is 0.416 e. The number of anilines is 1. The molecule has 2 aromatic carbocycles. The monoisotopic (exact) mass is 350 g/mol. The van der Waals surface area contributed by atoms with Crippen LogP contribution in [0.25, 0.3) is 11.1 Å². The molecule has 3 nitrogen and oxygen atoms in total. The molecule has 2 rings (SSSR count). The number of benzene rings is 2. The Labute approximate surface area is 145 Å². The van der Waals surface area contributed by atoms with Crippen molar-refractivity contribution in [1.82, 2.24) is 4.90 Å². The fraction of sp³-hybridized carbons (Fsp3) is 0.316. The highest BCUT2D eigenvalue weighted by Crippen LogP contribution is 2.35. The van der Waals surface area contributed by atoms with Crippen LogP contribution in [0.3, 0.4) is 0 Å². The molecule has 0 aliphatic carbocycles. The van der Waals surface area contributed by atoms with E-state index in [1.807, 2.05) is 26.8 Å². The van der Waals surface area contributed by atoms with Crippen LogP contribution < -0.4 is 5.32 Å². The van der Waals surface area contributed by atoms with Crippen molar-refractivity contribution in [3.8, 4) is 11.1 Å². The van der Waals surface area contributed by atoms with Gasteiger partial charge in [0.15, 0.2) is 0 Å². The van der Waals surface area contributed by atoms with Crippen LogP contribution in [0.5, 0.6) is 0 Å². The average Bonchev–Trinajstić information content (AvgIpc) is 2.57. The molecule has 0 saturated heterocycles. The zero-order chi connectivity index (χ0) is 18.6. The number of amides is 2. The number of alkyl halides is 3. The largest absolute Gasteiger partial charge is 0.416 e. The maximum atomic E-state index is 13.0. The van der Waals surface area contributed by atoms with Gasteiger partial charge in [0.25, 0.3) is 0 Å². The van der Waals surface area contributed by atoms with Crippen molar-refractivity contribution in [3.05, 3.63) is 53.6 Å². The van der Waals surface area contributed by atoms with E-state index in [2.05, 4.69) is 5.32 Å². The Balaban J connectivity index is 2.45. The number of nitrogens with one attached hydrogen (secondary N) is 1. The second-order valence-corrected chi connectivity index (χ2v) is 5.73. The lowest BCUT2D eigenvalue weighted by Crippen LogP contribution is -2.34. The lowest BCUT2D eigenvalue weighted by Gasteiger charge is -2.21. The Kier molecular flexibility index (Phi) is 5.72. The molecule has 0 bridgehead atoms. The summed E-state index contributed by atoms with van der Waals surface area (Å²) in [5, 5.41) is 2.80. The van der Waals surface area contributed by atoms with Gasteiger partial charge in [0, 0.05) is 18.7 Å². The molecule has 0 atom stereocenters. The van der Waals surface area contributed by atoms with E-state index in [1.54, 1.807) is 23.1 Å². The summed E-state index contributed by atoms with van der Waals surface area (Å²) >= 11 is 0. The first-order valence-electron chi connectivity index (χ1n) is 8.10. The van der Waals surface area contributed by atoms with Gasteiger partial charge in [0.2, 0.25) is 0 Å². The van der Waals surface area contributed by atoms with Crippen molar-refractivity contribution < 1.29 is 18.0 Å². The Morgan fingerprint density at radius 1 is 1.08 bits per heavy atom. The molecule has 1 N–H and O–H groups in total. The summed E-state index contributed by atoms with van der Waals surface area (Å²) in [7, 11) is 0. The number of carbonyl (C=O) groups is 1. The molecule has 0 fully saturated rings. The molecule has 25 heavy (non-hydrogen) atoms. The lowest BCUT2D eigenvalue weighted by atomic mass is 9.99. The summed E-state index contributed by atoms with van der Waals surface area (Å²) in [6, 6.07) is 10.1. The minimum Gasteiger partial charge on any atom is -0.325 e. The summed E-state index contributed by atoms with van der Waals surface area (Å²) in [5.41, 5.74) is 1.64. The number of carbonyl (C=O) groups excluding carboxylic acids is 1. The Morgan fingerprint density at radius 3 is 2.36 bits per heavy atom. The van der Waals surface area contributed by atoms with Gasteiger partial charge in [-0.3, -0.25) is 0 Å². The Morgan fingerprint density at radius 2 is 1.76 bits per heavy atom. The van der Waals surface area contributed by atoms with E-state index in [9.17, 15) is 18.0 Å². The molecule has 0 unspecified atom stereocenters. The molecule has 0 aliphatic heterocycles. The summed E-state index contributed by atoms with van der Waals surface area (Å²) in [4.78, 5) is 13.9. The second kappa shape index (κ2) is 7.59. The van der Waals surface area contributed by atoms with E-state index >= 15 is 0 Å². The van der Waals surface area contributed by atoms with Gasteiger partial charge in [-0.15, -0.1) is 0 Å². The first-order valence-corrected chi connectivity index (χ1v) is 8.10. The fourth-order valence-corrected chi connectivity index (χ4v) is 2.57. The highest BCUT2D eigenvalue weighted by molar-refractivity contribution is 5.94. The molecule has 2 aromatic rings. The molecule has 6 heteroatoms. The van der Waals surface area contributed by atoms with Gasteiger partial charge in [-0.1, -0.05) is 23.8 Å². The average molecular weight is 350 g/mol. The van der Waals surface area contributed by atoms with Crippen LogP contribution in [0.2, 0.25) is 0 Å². The van der Waals surface area contributed by atoms with Gasteiger partial charge in [-0.2, -0.15) is 13.2 Å². The molecule has 2 amide bonds. The number of urea groups is 1. The molecule has 0 radical (unpaired) electrons. The van der Waals surface area contributed by atoms with Gasteiger partial charge in [-0.25, -0.2) is 4.79 Å². The first kappa shape index (κ1) is 18.8. The quantitative estimate of drug-likeness (QED) is 0.770. The van der Waals surface area contributed by atoms with Crippen molar-refractivity contribution in [3.63, 3.8) is 0 Å². The Bertz CT molecular complexity index is 753. The van der Waals surface area contributed by atoms with E-state index in [1.165, 1.54) is 6.07 Å². The summed E-state index contributed by atoms with van der Waals surface area (Å²) in [6.07, 6.45) is -4.41. The van der Waals surface area contributed by atoms with Crippen LogP contribution in [0.4, 0.5) is 23.7 Å². The topological polar surface area (TPSA) is 32.3 Å². The normalized spacial score (nSPS) is 11.3. The lowest BCUT2D eigenvalue weighted by molar-refractivity contribution is -0.137. The molecular formula is C19H21F3N2O. The minimum atomic E-state index is -4.41. The third-order valence-corrected chi connectivity index (χ3v) is 3.97. The van der Waals surface area contributed by atoms with Crippen molar-refractivity contribution >= 4 is 11.7 Å². The van der Waals surface area contributed by atoms with Crippen LogP contribution in [0, 0.1) is 6.92 Å². The number of halogens is 3. The van der Waals surface area contributed by atoms with E-state index in [4.69, 9.17) is 0 Å². The Hall–Kier alpha value is -2.50. The van der Waals surface area contributed by atoms with Crippen LogP contribution in [0.15, 0.2) is 42.5 Å². The van der Waals surface area contributed by atoms with Crippen molar-refractivity contribution in [2.45, 2.75) is 26.9 Å². The standard InChI is InChI=1S/C19H21F3N2O/c1-4-24(5-2)18(25)23-17-10-9-13(3)11-16(17)14-7-6-8-15(12-14)19(20,21)22/h6-12H,4-5H2,1-3H3,(H,23,25). The molecule has 0 spiro atoms. The summed E-state index contributed by atoms with van der Waals surface area (Å²) < 4.78 is 39.0. The zero-order valence-electron chi connectivity index (χ0n) is 14.4. The predicted octanol–water partition coefficient (Wildman–Crippen LogP) is 5.55. The van der Waals surface area contributed by atoms with Gasteiger partial charge < -0.3 is 10.2 Å². The zero-order valence-corrected chi connectivity index (χ0v) is 14.4. The molecule has 0 aliphatic rings. The number of nitrogens with zero attached hydrogens (tertiary/aromatic N) is 1. The third kappa shape index (κ3) is 4.53. The molecule has 0 heterocycles. The van der Waals surface area contributed by atoms with Crippen molar-refractivity contribution in [2.24, 2.45) is 0 Å². The number of hydrogen-bond acceptors (Lipinski definition) is 1. The van der Waals surface area contributed by atoms with Gasteiger partial charge >= 0.3 is 12.2 Å². The van der Waals surface area contributed by atoms with Crippen LogP contribution in [0.1, 0.15) is 25.0 Å². The number of aryl methyl sites for hydroxylation is 1. The van der Waals surface area contributed by atoms with Crippen molar-refractivity contribution in [2.75, 3.05) is 18.4 Å². The van der Waals surface area contributed by atoms with Crippen LogP contribution in [-0.2, 0) is 6.18 Å². The van der Waals surface area contributed by atoms with Crippen molar-refractivity contribution in [1.29, 1.82) is 0 Å². The smallest absolute Gasteiger partial charge is 0.325 e. The second-order valence-electron chi connectivity index (χ2n) is 5.73. The SMILES string of the molecule is CCN(CC)C(=O)Nc1ccc(C)cc1-c1cccc(C(F)(F)F)c1. The van der Waals surface area contributed by atoms with Gasteiger partial charge in [0.05, 0.1) is 11.3 Å². The molecule has 0 saturated carbocycles. The van der Waals surface area contributed by atoms with Crippen LogP contribution in [-0.4, -0.2) is 24.0 Å². The number of hydrogen-bond donors (Lipinski definition) is 1. The summed E-state index contributed by atoms with van der Waals surface area (Å²) in [6.45, 7) is 6.69. The van der Waals surface area contributed by atoms with E-state index in [0.717, 1.165) is 17.7 Å². The fourth-order valence-electron chi connectivity index (χ4n) is 2.57. The highest BCUT2D eigenvalue weighted by Gasteiger charge is 2.30. The summed E-state index contributed by atoms with van der Waals surface area (Å²) in [5.74, 6) is 0. The highest BCUT2D eigenvalue weighted by atomic mass is 19.4. The third-order valence-electron chi connectivity index (χ3n) is 3.97. The van der Waals surface area contributed by atoms with Gasteiger partial charge in [0.1, 0.15) is 0 Å². The van der Waals surface area contributed by atoms with Gasteiger partial charge in [-0.05, 0) is 50.6 Å². The van der Waals surface area contributed by atoms with E-state index < -0.39 is 11.7 Å². The first-order chi connectivity index (χ1) is 11.8. The molecular weight excluding hydrogens is 329 g/mol. The van der Waals surface area contributed by atoms with Crippen LogP contribution >= 0.6 is 0 Å². The van der Waals surface area contributed by atoms with E-state index in [-0.39, 0.29) is 6.03 Å².